The Kier molecular flexibility index (Phi) is 5.91. The van der Waals surface area contributed by atoms with Crippen LogP contribution in [0.2, 0.25) is 0 Å². The van der Waals surface area contributed by atoms with E-state index in [2.05, 4.69) is 4.90 Å². The summed E-state index contributed by atoms with van der Waals surface area (Å²) in [5.74, 6) is 0.115. The first-order valence-electron chi connectivity index (χ1n) is 8.94. The summed E-state index contributed by atoms with van der Waals surface area (Å²) in [6.45, 7) is 0.816. The highest BCUT2D eigenvalue weighted by Gasteiger charge is 2.27. The summed E-state index contributed by atoms with van der Waals surface area (Å²) in [6.07, 6.45) is 1.69. The van der Waals surface area contributed by atoms with E-state index in [0.717, 1.165) is 30.8 Å². The highest BCUT2D eigenvalue weighted by atomic mass is 16.5. The molecule has 1 aliphatic rings. The van der Waals surface area contributed by atoms with Gasteiger partial charge in [-0.2, -0.15) is 0 Å². The zero-order chi connectivity index (χ0) is 19.2. The van der Waals surface area contributed by atoms with Crippen molar-refractivity contribution in [2.75, 3.05) is 25.7 Å². The molecule has 0 atom stereocenters. The molecule has 0 bridgehead atoms. The minimum Gasteiger partial charge on any atom is -0.497 e. The van der Waals surface area contributed by atoms with Gasteiger partial charge in [-0.3, -0.25) is 4.79 Å². The fraction of sp³-hybridized carbons (Fsp3) is 0.273. The smallest absolute Gasteiger partial charge is 0.335 e. The van der Waals surface area contributed by atoms with Crippen LogP contribution in [0.4, 0.5) is 5.69 Å². The van der Waals surface area contributed by atoms with Gasteiger partial charge in [0.1, 0.15) is 5.75 Å². The third-order valence-corrected chi connectivity index (χ3v) is 4.72. The number of methoxy groups -OCH3 is 2. The molecule has 0 spiro atoms. The van der Waals surface area contributed by atoms with Crippen molar-refractivity contribution in [3.63, 3.8) is 0 Å². The van der Waals surface area contributed by atoms with Crippen molar-refractivity contribution in [2.45, 2.75) is 19.3 Å². The molecular weight excluding hydrogens is 342 g/mol. The third kappa shape index (κ3) is 4.19. The topological polar surface area (TPSA) is 55.8 Å². The SMILES string of the molecule is COC(=O)/C(CC(=O)c1ccc(OC)cc1)=C1\CCCN1c1ccccc1. The number of hydrogen-bond donors (Lipinski definition) is 0. The Labute approximate surface area is 159 Å². The predicted molar refractivity (Wildman–Crippen MR) is 104 cm³/mol. The van der Waals surface area contributed by atoms with Gasteiger partial charge in [-0.25, -0.2) is 4.79 Å². The van der Waals surface area contributed by atoms with Gasteiger partial charge in [-0.15, -0.1) is 0 Å². The van der Waals surface area contributed by atoms with Crippen LogP contribution in [0.25, 0.3) is 0 Å². The monoisotopic (exact) mass is 365 g/mol. The maximum absolute atomic E-state index is 12.8. The molecule has 0 aliphatic carbocycles. The van der Waals surface area contributed by atoms with Crippen molar-refractivity contribution in [3.8, 4) is 5.75 Å². The number of anilines is 1. The lowest BCUT2D eigenvalue weighted by atomic mass is 10.00. The quantitative estimate of drug-likeness (QED) is 0.440. The molecule has 0 radical (unpaired) electrons. The summed E-state index contributed by atoms with van der Waals surface area (Å²) in [6, 6.07) is 16.8. The highest BCUT2D eigenvalue weighted by Crippen LogP contribution is 2.32. The second kappa shape index (κ2) is 8.54. The molecule has 2 aromatic rings. The van der Waals surface area contributed by atoms with E-state index >= 15 is 0 Å². The molecule has 0 amide bonds. The van der Waals surface area contributed by atoms with E-state index in [-0.39, 0.29) is 12.2 Å². The van der Waals surface area contributed by atoms with Gasteiger partial charge in [-0.05, 0) is 49.2 Å². The van der Waals surface area contributed by atoms with Crippen molar-refractivity contribution in [3.05, 3.63) is 71.4 Å². The summed E-state index contributed by atoms with van der Waals surface area (Å²) in [7, 11) is 2.93. The standard InChI is InChI=1S/C22H23NO4/c1-26-18-12-10-16(11-13-18)21(24)15-19(22(25)27-2)20-9-6-14-23(20)17-7-4-3-5-8-17/h3-5,7-8,10-13H,6,9,14-15H2,1-2H3/b20-19+. The van der Waals surface area contributed by atoms with Gasteiger partial charge in [0.25, 0.3) is 0 Å². The highest BCUT2D eigenvalue weighted by molar-refractivity contribution is 6.04. The molecule has 3 rings (SSSR count). The van der Waals surface area contributed by atoms with Crippen molar-refractivity contribution in [1.82, 2.24) is 0 Å². The molecule has 5 heteroatoms. The van der Waals surface area contributed by atoms with Crippen LogP contribution >= 0.6 is 0 Å². The number of rotatable bonds is 6. The maximum Gasteiger partial charge on any atom is 0.335 e. The van der Waals surface area contributed by atoms with Crippen LogP contribution in [0.15, 0.2) is 65.9 Å². The molecule has 0 aromatic heterocycles. The van der Waals surface area contributed by atoms with Gasteiger partial charge in [0.05, 0.1) is 19.8 Å². The van der Waals surface area contributed by atoms with Crippen LogP contribution in [-0.2, 0) is 9.53 Å². The predicted octanol–water partition coefficient (Wildman–Crippen LogP) is 4.00. The number of ketones is 1. The lowest BCUT2D eigenvalue weighted by molar-refractivity contribution is -0.136. The molecule has 27 heavy (non-hydrogen) atoms. The lowest BCUT2D eigenvalue weighted by Crippen LogP contribution is -2.22. The Morgan fingerprint density at radius 1 is 1.00 bits per heavy atom. The second-order valence-corrected chi connectivity index (χ2v) is 6.34. The minimum absolute atomic E-state index is 0.0116. The van der Waals surface area contributed by atoms with Crippen LogP contribution in [0.1, 0.15) is 29.6 Å². The number of carbonyl (C=O) groups is 2. The summed E-state index contributed by atoms with van der Waals surface area (Å²) in [5, 5.41) is 0. The Morgan fingerprint density at radius 3 is 2.33 bits per heavy atom. The van der Waals surface area contributed by atoms with Crippen molar-refractivity contribution >= 4 is 17.4 Å². The molecule has 2 aromatic carbocycles. The molecule has 1 aliphatic heterocycles. The van der Waals surface area contributed by atoms with Crippen LogP contribution in [0.3, 0.4) is 0 Å². The summed E-state index contributed by atoms with van der Waals surface area (Å²) in [5.41, 5.74) is 2.86. The van der Waals surface area contributed by atoms with E-state index in [4.69, 9.17) is 9.47 Å². The molecule has 0 unspecified atom stereocenters. The number of esters is 1. The number of para-hydroxylation sites is 1. The Morgan fingerprint density at radius 2 is 1.70 bits per heavy atom. The van der Waals surface area contributed by atoms with Crippen molar-refractivity contribution in [2.24, 2.45) is 0 Å². The first kappa shape index (κ1) is 18.7. The van der Waals surface area contributed by atoms with Gasteiger partial charge in [0.2, 0.25) is 0 Å². The van der Waals surface area contributed by atoms with Gasteiger partial charge in [0.15, 0.2) is 5.78 Å². The molecular formula is C22H23NO4. The first-order valence-corrected chi connectivity index (χ1v) is 8.94. The maximum atomic E-state index is 12.8. The van der Waals surface area contributed by atoms with Gasteiger partial charge in [0, 0.05) is 29.9 Å². The van der Waals surface area contributed by atoms with Gasteiger partial charge in [-0.1, -0.05) is 18.2 Å². The molecule has 0 N–H and O–H groups in total. The molecule has 1 saturated heterocycles. The number of hydrogen-bond acceptors (Lipinski definition) is 5. The van der Waals surface area contributed by atoms with Crippen molar-refractivity contribution < 1.29 is 19.1 Å². The van der Waals surface area contributed by atoms with Crippen LogP contribution < -0.4 is 9.64 Å². The second-order valence-electron chi connectivity index (χ2n) is 6.34. The zero-order valence-electron chi connectivity index (χ0n) is 15.6. The normalized spacial score (nSPS) is 15.4. The molecule has 0 saturated carbocycles. The number of benzene rings is 2. The third-order valence-electron chi connectivity index (χ3n) is 4.72. The first-order chi connectivity index (χ1) is 13.1. The molecule has 1 heterocycles. The molecule has 5 nitrogen and oxygen atoms in total. The fourth-order valence-corrected chi connectivity index (χ4v) is 3.34. The van der Waals surface area contributed by atoms with E-state index in [1.807, 2.05) is 30.3 Å². The number of ether oxygens (including phenoxy) is 2. The van der Waals surface area contributed by atoms with Gasteiger partial charge < -0.3 is 14.4 Å². The number of Topliss-reactive ketones (excluding diaryl/α,β-unsaturated/α-hetero) is 1. The Hall–Kier alpha value is -3.08. The molecule has 140 valence electrons. The van der Waals surface area contributed by atoms with E-state index < -0.39 is 5.97 Å². The van der Waals surface area contributed by atoms with E-state index in [0.29, 0.717) is 16.9 Å². The Balaban J connectivity index is 1.92. The van der Waals surface area contributed by atoms with Crippen molar-refractivity contribution in [1.29, 1.82) is 0 Å². The summed E-state index contributed by atoms with van der Waals surface area (Å²) in [4.78, 5) is 27.3. The minimum atomic E-state index is -0.449. The average molecular weight is 365 g/mol. The van der Waals surface area contributed by atoms with E-state index in [1.54, 1.807) is 31.4 Å². The number of allylic oxidation sites excluding steroid dienone is 1. The summed E-state index contributed by atoms with van der Waals surface area (Å²) >= 11 is 0. The number of nitrogens with zero attached hydrogens (tertiary/aromatic N) is 1. The fourth-order valence-electron chi connectivity index (χ4n) is 3.34. The van der Waals surface area contributed by atoms with Crippen LogP contribution in [0, 0.1) is 0 Å². The van der Waals surface area contributed by atoms with E-state index in [9.17, 15) is 9.59 Å². The summed E-state index contributed by atoms with van der Waals surface area (Å²) < 4.78 is 10.1. The van der Waals surface area contributed by atoms with Crippen LogP contribution in [0.5, 0.6) is 5.75 Å². The van der Waals surface area contributed by atoms with E-state index in [1.165, 1.54) is 7.11 Å². The largest absolute Gasteiger partial charge is 0.497 e. The van der Waals surface area contributed by atoms with Gasteiger partial charge >= 0.3 is 5.97 Å². The lowest BCUT2D eigenvalue weighted by Gasteiger charge is -2.22. The Bertz CT molecular complexity index is 840. The zero-order valence-corrected chi connectivity index (χ0v) is 15.6. The van der Waals surface area contributed by atoms with Crippen LogP contribution in [-0.4, -0.2) is 32.5 Å². The number of carbonyl (C=O) groups excluding carboxylic acids is 2. The molecule has 1 fully saturated rings. The average Bonchev–Trinajstić information content (AvgIpc) is 3.21.